The molecule has 0 aliphatic carbocycles. The van der Waals surface area contributed by atoms with Gasteiger partial charge in [0.2, 0.25) is 0 Å². The van der Waals surface area contributed by atoms with Gasteiger partial charge >= 0.3 is 0 Å². The summed E-state index contributed by atoms with van der Waals surface area (Å²) >= 11 is 8.70. The molecule has 0 aliphatic rings. The van der Waals surface area contributed by atoms with Gasteiger partial charge in [0.25, 0.3) is 0 Å². The van der Waals surface area contributed by atoms with Gasteiger partial charge in [-0.15, -0.1) is 0 Å². The second-order valence-electron chi connectivity index (χ2n) is 7.18. The Balaban J connectivity index is 2.13. The molecular formula is C22H30O2S2. The molecule has 4 heteroatoms. The van der Waals surface area contributed by atoms with E-state index in [0.29, 0.717) is 25.0 Å². The predicted molar refractivity (Wildman–Crippen MR) is 117 cm³/mol. The Morgan fingerprint density at radius 1 is 0.654 bits per heavy atom. The van der Waals surface area contributed by atoms with Crippen molar-refractivity contribution >= 4 is 25.3 Å². The first-order chi connectivity index (χ1) is 12.4. The molecule has 0 saturated carbocycles. The Bertz CT molecular complexity index is 593. The molecule has 2 nitrogen and oxygen atoms in total. The minimum Gasteiger partial charge on any atom is -0.492 e. The fourth-order valence-electron chi connectivity index (χ4n) is 2.94. The average molecular weight is 391 g/mol. The van der Waals surface area contributed by atoms with Gasteiger partial charge < -0.3 is 9.47 Å². The molecule has 0 heterocycles. The molecule has 0 bridgehead atoms. The van der Waals surface area contributed by atoms with Crippen molar-refractivity contribution in [3.63, 3.8) is 0 Å². The van der Waals surface area contributed by atoms with Gasteiger partial charge in [-0.1, -0.05) is 52.0 Å². The lowest BCUT2D eigenvalue weighted by Crippen LogP contribution is -2.10. The van der Waals surface area contributed by atoms with Crippen molar-refractivity contribution in [3.8, 4) is 11.5 Å². The van der Waals surface area contributed by atoms with Gasteiger partial charge in [0.1, 0.15) is 11.5 Å². The highest BCUT2D eigenvalue weighted by molar-refractivity contribution is 7.81. The first-order valence-corrected chi connectivity index (χ1v) is 10.2. The van der Waals surface area contributed by atoms with Crippen molar-refractivity contribution in [3.05, 3.63) is 59.7 Å². The predicted octanol–water partition coefficient (Wildman–Crippen LogP) is 5.87. The van der Waals surface area contributed by atoms with E-state index in [0.717, 1.165) is 11.5 Å². The Hall–Kier alpha value is -1.26. The highest BCUT2D eigenvalue weighted by Crippen LogP contribution is 2.33. The zero-order valence-electron chi connectivity index (χ0n) is 16.1. The van der Waals surface area contributed by atoms with Crippen molar-refractivity contribution in [2.45, 2.75) is 44.1 Å². The van der Waals surface area contributed by atoms with E-state index in [9.17, 15) is 0 Å². The van der Waals surface area contributed by atoms with E-state index in [1.807, 2.05) is 38.1 Å². The zero-order valence-corrected chi connectivity index (χ0v) is 17.8. The second-order valence-corrected chi connectivity index (χ2v) is 8.94. The van der Waals surface area contributed by atoms with Crippen LogP contribution in [0.4, 0.5) is 0 Å². The van der Waals surface area contributed by atoms with E-state index in [4.69, 9.17) is 9.47 Å². The summed E-state index contributed by atoms with van der Waals surface area (Å²) in [5.74, 6) is 2.61. The van der Waals surface area contributed by atoms with Crippen molar-refractivity contribution < 1.29 is 9.47 Å². The maximum Gasteiger partial charge on any atom is 0.119 e. The lowest BCUT2D eigenvalue weighted by atomic mass is 9.82. The van der Waals surface area contributed by atoms with Gasteiger partial charge in [-0.25, -0.2) is 0 Å². The third kappa shape index (κ3) is 6.48. The minimum absolute atomic E-state index is 0.226. The Morgan fingerprint density at radius 2 is 1.00 bits per heavy atom. The van der Waals surface area contributed by atoms with Crippen LogP contribution in [0, 0.1) is 5.92 Å². The number of thiol groups is 2. The first-order valence-electron chi connectivity index (χ1n) is 9.18. The van der Waals surface area contributed by atoms with Gasteiger partial charge in [0.05, 0.1) is 13.2 Å². The molecule has 26 heavy (non-hydrogen) atoms. The molecular weight excluding hydrogens is 360 g/mol. The van der Waals surface area contributed by atoms with Crippen molar-refractivity contribution in [1.29, 1.82) is 0 Å². The molecule has 2 aromatic carbocycles. The smallest absolute Gasteiger partial charge is 0.119 e. The third-order valence-electron chi connectivity index (χ3n) is 4.13. The lowest BCUT2D eigenvalue weighted by Gasteiger charge is -2.23. The van der Waals surface area contributed by atoms with Crippen molar-refractivity contribution in [2.75, 3.05) is 13.2 Å². The van der Waals surface area contributed by atoms with Crippen LogP contribution in [0.5, 0.6) is 11.5 Å². The highest BCUT2D eigenvalue weighted by Gasteiger charge is 2.18. The van der Waals surface area contributed by atoms with Gasteiger partial charge in [-0.3, -0.25) is 0 Å². The molecule has 2 unspecified atom stereocenters. The van der Waals surface area contributed by atoms with Crippen LogP contribution < -0.4 is 9.47 Å². The standard InChI is InChI=1S/C22H30O2S2/c1-15(2)22(18-5-9-20(10-6-18)23-13-16(3)25)19-7-11-21(12-8-19)24-14-17(4)26/h5-12,15-17,22,25-26H,13-14H2,1-4H3. The molecule has 2 atom stereocenters. The van der Waals surface area contributed by atoms with E-state index < -0.39 is 0 Å². The fourth-order valence-corrected chi connectivity index (χ4v) is 3.09. The maximum absolute atomic E-state index is 5.73. The molecule has 0 radical (unpaired) electrons. The van der Waals surface area contributed by atoms with Gasteiger partial charge in [-0.2, -0.15) is 25.3 Å². The Labute approximate surface area is 169 Å². The number of hydrogen-bond donors (Lipinski definition) is 2. The Morgan fingerprint density at radius 3 is 1.27 bits per heavy atom. The lowest BCUT2D eigenvalue weighted by molar-refractivity contribution is 0.322. The number of rotatable bonds is 9. The average Bonchev–Trinajstić information content (AvgIpc) is 2.60. The van der Waals surface area contributed by atoms with Crippen LogP contribution in [-0.2, 0) is 0 Å². The Kier molecular flexibility index (Phi) is 8.23. The second kappa shape index (κ2) is 10.2. The third-order valence-corrected chi connectivity index (χ3v) is 4.43. The minimum atomic E-state index is 0.226. The van der Waals surface area contributed by atoms with Gasteiger partial charge in [0.15, 0.2) is 0 Å². The monoisotopic (exact) mass is 390 g/mol. The van der Waals surface area contributed by atoms with E-state index in [1.165, 1.54) is 11.1 Å². The van der Waals surface area contributed by atoms with E-state index >= 15 is 0 Å². The summed E-state index contributed by atoms with van der Waals surface area (Å²) in [6.07, 6.45) is 0. The summed E-state index contributed by atoms with van der Waals surface area (Å²) in [4.78, 5) is 0. The van der Waals surface area contributed by atoms with E-state index in [2.05, 4.69) is 63.4 Å². The van der Waals surface area contributed by atoms with Crippen LogP contribution in [0.2, 0.25) is 0 Å². The van der Waals surface area contributed by atoms with E-state index in [1.54, 1.807) is 0 Å². The zero-order chi connectivity index (χ0) is 19.1. The summed E-state index contributed by atoms with van der Waals surface area (Å²) in [5, 5.41) is 0.453. The van der Waals surface area contributed by atoms with Crippen LogP contribution in [0.15, 0.2) is 48.5 Å². The topological polar surface area (TPSA) is 18.5 Å². The molecule has 2 aromatic rings. The molecule has 2 rings (SSSR count). The normalized spacial score (nSPS) is 14.7. The molecule has 0 N–H and O–H groups in total. The molecule has 0 amide bonds. The largest absolute Gasteiger partial charge is 0.492 e. The van der Waals surface area contributed by atoms with Crippen LogP contribution in [0.1, 0.15) is 44.7 Å². The molecule has 0 aromatic heterocycles. The number of ether oxygens (including phenoxy) is 2. The molecule has 0 fully saturated rings. The molecule has 0 spiro atoms. The maximum atomic E-state index is 5.73. The molecule has 142 valence electrons. The quantitative estimate of drug-likeness (QED) is 0.522. The van der Waals surface area contributed by atoms with Crippen molar-refractivity contribution in [1.82, 2.24) is 0 Å². The summed E-state index contributed by atoms with van der Waals surface area (Å²) in [7, 11) is 0. The summed E-state index contributed by atoms with van der Waals surface area (Å²) in [5.41, 5.74) is 2.59. The summed E-state index contributed by atoms with van der Waals surface area (Å²) < 4.78 is 11.5. The highest BCUT2D eigenvalue weighted by atomic mass is 32.1. The molecule has 0 aliphatic heterocycles. The van der Waals surface area contributed by atoms with Gasteiger partial charge in [0, 0.05) is 16.4 Å². The van der Waals surface area contributed by atoms with Crippen LogP contribution >= 0.6 is 25.3 Å². The van der Waals surface area contributed by atoms with E-state index in [-0.39, 0.29) is 10.5 Å². The summed E-state index contributed by atoms with van der Waals surface area (Å²) in [6.45, 7) is 9.78. The number of hydrogen-bond acceptors (Lipinski definition) is 4. The van der Waals surface area contributed by atoms with Crippen LogP contribution in [0.25, 0.3) is 0 Å². The number of benzene rings is 2. The fraction of sp³-hybridized carbons (Fsp3) is 0.455. The van der Waals surface area contributed by atoms with Crippen LogP contribution in [-0.4, -0.2) is 23.7 Å². The molecule has 0 saturated heterocycles. The summed E-state index contributed by atoms with van der Waals surface area (Å²) in [6, 6.07) is 16.8. The SMILES string of the molecule is CC(S)COc1ccc(C(c2ccc(OCC(C)S)cc2)C(C)C)cc1. The first kappa shape index (κ1) is 21.0. The van der Waals surface area contributed by atoms with Crippen LogP contribution in [0.3, 0.4) is 0 Å². The van der Waals surface area contributed by atoms with Gasteiger partial charge in [-0.05, 0) is 41.3 Å². The van der Waals surface area contributed by atoms with Crippen molar-refractivity contribution in [2.24, 2.45) is 5.92 Å².